The van der Waals surface area contributed by atoms with Gasteiger partial charge in [0.2, 0.25) is 5.88 Å². The van der Waals surface area contributed by atoms with Crippen LogP contribution in [0.15, 0.2) is 18.3 Å². The Morgan fingerprint density at radius 3 is 3.16 bits per heavy atom. The summed E-state index contributed by atoms with van der Waals surface area (Å²) in [5.74, 6) is 0.760. The van der Waals surface area contributed by atoms with Crippen LogP contribution >= 0.6 is 0 Å². The van der Waals surface area contributed by atoms with Crippen molar-refractivity contribution >= 4 is 0 Å². The molecule has 2 heterocycles. The molecular formula is C15H25N3O. The molecule has 1 saturated heterocycles. The second-order valence-corrected chi connectivity index (χ2v) is 5.10. The van der Waals surface area contributed by atoms with Crippen molar-refractivity contribution in [2.75, 3.05) is 26.7 Å². The normalized spacial score (nSPS) is 20.4. The summed E-state index contributed by atoms with van der Waals surface area (Å²) in [6.45, 7) is 6.40. The lowest BCUT2D eigenvalue weighted by atomic mass is 10.0. The topological polar surface area (TPSA) is 37.4 Å². The maximum absolute atomic E-state index is 5.35. The Kier molecular flexibility index (Phi) is 5.61. The van der Waals surface area contributed by atoms with E-state index < -0.39 is 0 Å². The van der Waals surface area contributed by atoms with Crippen LogP contribution in [0.3, 0.4) is 0 Å². The van der Waals surface area contributed by atoms with Gasteiger partial charge in [0.1, 0.15) is 0 Å². The predicted molar refractivity (Wildman–Crippen MR) is 77.4 cm³/mol. The zero-order valence-electron chi connectivity index (χ0n) is 12.1. The number of ether oxygens (including phenoxy) is 1. The van der Waals surface area contributed by atoms with Crippen LogP contribution in [0.2, 0.25) is 0 Å². The molecule has 4 nitrogen and oxygen atoms in total. The molecule has 19 heavy (non-hydrogen) atoms. The van der Waals surface area contributed by atoms with Crippen LogP contribution in [0.25, 0.3) is 0 Å². The Morgan fingerprint density at radius 1 is 1.47 bits per heavy atom. The van der Waals surface area contributed by atoms with Gasteiger partial charge in [-0.2, -0.15) is 0 Å². The summed E-state index contributed by atoms with van der Waals surface area (Å²) in [5, 5.41) is 3.47. The molecule has 1 unspecified atom stereocenters. The van der Waals surface area contributed by atoms with E-state index in [9.17, 15) is 0 Å². The third-order valence-electron chi connectivity index (χ3n) is 3.80. The second-order valence-electron chi connectivity index (χ2n) is 5.10. The number of hydrogen-bond acceptors (Lipinski definition) is 4. The Balaban J connectivity index is 2.02. The molecule has 0 aromatic carbocycles. The van der Waals surface area contributed by atoms with Crippen molar-refractivity contribution in [1.29, 1.82) is 0 Å². The van der Waals surface area contributed by atoms with Crippen LogP contribution in [0, 0.1) is 0 Å². The molecule has 1 aliphatic heterocycles. The summed E-state index contributed by atoms with van der Waals surface area (Å²) >= 11 is 0. The highest BCUT2D eigenvalue weighted by atomic mass is 16.5. The minimum Gasteiger partial charge on any atom is -0.481 e. The monoisotopic (exact) mass is 263 g/mol. The van der Waals surface area contributed by atoms with E-state index in [1.165, 1.54) is 31.4 Å². The molecule has 1 aromatic rings. The van der Waals surface area contributed by atoms with Gasteiger partial charge in [-0.05, 0) is 32.0 Å². The molecule has 1 N–H and O–H groups in total. The molecule has 0 saturated carbocycles. The van der Waals surface area contributed by atoms with Gasteiger partial charge in [0.05, 0.1) is 7.11 Å². The molecule has 1 aliphatic rings. The molecule has 0 bridgehead atoms. The average molecular weight is 263 g/mol. The Bertz CT molecular complexity index is 383. The molecule has 0 spiro atoms. The standard InChI is InChI=1S/C15H25N3O/c1-3-16-11-14-8-4-5-10-18(14)12-13-7-6-9-17-15(13)19-2/h6-7,9,14,16H,3-5,8,10-12H2,1-2H3. The van der Waals surface area contributed by atoms with E-state index in [1.54, 1.807) is 13.3 Å². The highest BCUT2D eigenvalue weighted by molar-refractivity contribution is 5.25. The number of pyridine rings is 1. The van der Waals surface area contributed by atoms with Crippen LogP contribution < -0.4 is 10.1 Å². The fourth-order valence-electron chi connectivity index (χ4n) is 2.76. The van der Waals surface area contributed by atoms with Gasteiger partial charge < -0.3 is 10.1 Å². The number of likely N-dealkylation sites (N-methyl/N-ethyl adjacent to an activating group) is 1. The number of aromatic nitrogens is 1. The van der Waals surface area contributed by atoms with E-state index in [2.05, 4.69) is 28.2 Å². The van der Waals surface area contributed by atoms with Gasteiger partial charge in [0.15, 0.2) is 0 Å². The number of rotatable bonds is 6. The molecule has 1 aromatic heterocycles. The number of nitrogens with zero attached hydrogens (tertiary/aromatic N) is 2. The second kappa shape index (κ2) is 7.46. The van der Waals surface area contributed by atoms with Crippen molar-refractivity contribution in [2.24, 2.45) is 0 Å². The van der Waals surface area contributed by atoms with E-state index >= 15 is 0 Å². The van der Waals surface area contributed by atoms with Gasteiger partial charge in [0, 0.05) is 30.9 Å². The summed E-state index contributed by atoms with van der Waals surface area (Å²) < 4.78 is 5.35. The fourth-order valence-corrected chi connectivity index (χ4v) is 2.76. The predicted octanol–water partition coefficient (Wildman–Crippen LogP) is 2.05. The van der Waals surface area contributed by atoms with Crippen molar-refractivity contribution in [3.63, 3.8) is 0 Å². The zero-order chi connectivity index (χ0) is 13.5. The fraction of sp³-hybridized carbons (Fsp3) is 0.667. The van der Waals surface area contributed by atoms with Crippen molar-refractivity contribution in [3.8, 4) is 5.88 Å². The highest BCUT2D eigenvalue weighted by Crippen LogP contribution is 2.22. The number of hydrogen-bond donors (Lipinski definition) is 1. The van der Waals surface area contributed by atoms with E-state index in [-0.39, 0.29) is 0 Å². The molecule has 0 amide bonds. The molecule has 0 aliphatic carbocycles. The maximum Gasteiger partial charge on any atom is 0.217 e. The first-order chi connectivity index (χ1) is 9.35. The molecule has 106 valence electrons. The van der Waals surface area contributed by atoms with Crippen LogP contribution in [0.1, 0.15) is 31.7 Å². The number of likely N-dealkylation sites (tertiary alicyclic amines) is 1. The quantitative estimate of drug-likeness (QED) is 0.852. The van der Waals surface area contributed by atoms with Gasteiger partial charge in [-0.15, -0.1) is 0 Å². The number of methoxy groups -OCH3 is 1. The first kappa shape index (κ1) is 14.3. The maximum atomic E-state index is 5.35. The van der Waals surface area contributed by atoms with E-state index in [0.717, 1.165) is 25.5 Å². The molecule has 1 atom stereocenters. The SMILES string of the molecule is CCNCC1CCCCN1Cc1cccnc1OC. The number of nitrogens with one attached hydrogen (secondary N) is 1. The third-order valence-corrected chi connectivity index (χ3v) is 3.80. The van der Waals surface area contributed by atoms with Crippen molar-refractivity contribution in [3.05, 3.63) is 23.9 Å². The lowest BCUT2D eigenvalue weighted by Crippen LogP contribution is -2.45. The van der Waals surface area contributed by atoms with Crippen molar-refractivity contribution in [2.45, 2.75) is 38.8 Å². The molecule has 4 heteroatoms. The Labute approximate surface area is 116 Å². The summed E-state index contributed by atoms with van der Waals surface area (Å²) in [6.07, 6.45) is 5.71. The van der Waals surface area contributed by atoms with Gasteiger partial charge in [0.25, 0.3) is 0 Å². The Morgan fingerprint density at radius 2 is 2.37 bits per heavy atom. The lowest BCUT2D eigenvalue weighted by molar-refractivity contribution is 0.136. The van der Waals surface area contributed by atoms with Crippen molar-refractivity contribution in [1.82, 2.24) is 15.2 Å². The van der Waals surface area contributed by atoms with Gasteiger partial charge in [-0.3, -0.25) is 4.90 Å². The molecule has 0 radical (unpaired) electrons. The van der Waals surface area contributed by atoms with E-state index in [1.807, 2.05) is 6.07 Å². The molecule has 1 fully saturated rings. The Hall–Kier alpha value is -1.13. The average Bonchev–Trinajstić information content (AvgIpc) is 2.47. The minimum atomic E-state index is 0.638. The van der Waals surface area contributed by atoms with E-state index in [0.29, 0.717) is 6.04 Å². The van der Waals surface area contributed by atoms with Crippen LogP contribution in [0.4, 0.5) is 0 Å². The summed E-state index contributed by atoms with van der Waals surface area (Å²) in [7, 11) is 1.69. The largest absolute Gasteiger partial charge is 0.481 e. The highest BCUT2D eigenvalue weighted by Gasteiger charge is 2.22. The van der Waals surface area contributed by atoms with E-state index in [4.69, 9.17) is 4.74 Å². The zero-order valence-corrected chi connectivity index (χ0v) is 12.1. The minimum absolute atomic E-state index is 0.638. The van der Waals surface area contributed by atoms with Crippen LogP contribution in [-0.4, -0.2) is 42.7 Å². The van der Waals surface area contributed by atoms with Gasteiger partial charge in [-0.1, -0.05) is 19.4 Å². The summed E-state index contributed by atoms with van der Waals surface area (Å²) in [6, 6.07) is 4.74. The van der Waals surface area contributed by atoms with Gasteiger partial charge >= 0.3 is 0 Å². The summed E-state index contributed by atoms with van der Waals surface area (Å²) in [4.78, 5) is 6.85. The lowest BCUT2D eigenvalue weighted by Gasteiger charge is -2.36. The van der Waals surface area contributed by atoms with Crippen LogP contribution in [0.5, 0.6) is 5.88 Å². The molecular weight excluding hydrogens is 238 g/mol. The van der Waals surface area contributed by atoms with Crippen molar-refractivity contribution < 1.29 is 4.74 Å². The summed E-state index contributed by atoms with van der Waals surface area (Å²) in [5.41, 5.74) is 1.19. The third kappa shape index (κ3) is 3.91. The first-order valence-corrected chi connectivity index (χ1v) is 7.27. The molecule has 2 rings (SSSR count). The number of piperidine rings is 1. The van der Waals surface area contributed by atoms with Gasteiger partial charge in [-0.25, -0.2) is 4.98 Å². The smallest absolute Gasteiger partial charge is 0.217 e. The van der Waals surface area contributed by atoms with Crippen LogP contribution in [-0.2, 0) is 6.54 Å². The first-order valence-electron chi connectivity index (χ1n) is 7.27.